The summed E-state index contributed by atoms with van der Waals surface area (Å²) in [4.78, 5) is 44.7. The van der Waals surface area contributed by atoms with Crippen molar-refractivity contribution in [2.24, 2.45) is 5.92 Å². The van der Waals surface area contributed by atoms with Crippen LogP contribution in [0.25, 0.3) is 0 Å². The van der Waals surface area contributed by atoms with Crippen LogP contribution in [0.4, 0.5) is 10.1 Å². The van der Waals surface area contributed by atoms with E-state index in [1.54, 1.807) is 42.3 Å². The van der Waals surface area contributed by atoms with E-state index in [4.69, 9.17) is 4.52 Å². The predicted molar refractivity (Wildman–Crippen MR) is 130 cm³/mol. The molecule has 2 atom stereocenters. The molecule has 2 unspecified atom stereocenters. The number of carbonyl (C=O) groups is 3. The van der Waals surface area contributed by atoms with E-state index in [2.05, 4.69) is 5.16 Å². The summed E-state index contributed by atoms with van der Waals surface area (Å²) in [6.45, 7) is 3.01. The lowest BCUT2D eigenvalue weighted by Gasteiger charge is -2.37. The SMILES string of the molecule is CC(c1ccon1)N(C)C(=O)C1CCCN(c2cccc3c2C(=O)N(Cc2cccc(F)c2)C3=O)C1. The summed E-state index contributed by atoms with van der Waals surface area (Å²) >= 11 is 0. The van der Waals surface area contributed by atoms with Crippen molar-refractivity contribution < 1.29 is 23.3 Å². The third kappa shape index (κ3) is 4.25. The Morgan fingerprint density at radius 3 is 2.75 bits per heavy atom. The summed E-state index contributed by atoms with van der Waals surface area (Å²) < 4.78 is 18.6. The molecule has 0 spiro atoms. The van der Waals surface area contributed by atoms with Gasteiger partial charge in [0, 0.05) is 26.2 Å². The van der Waals surface area contributed by atoms with Crippen molar-refractivity contribution in [3.05, 3.63) is 83.0 Å². The molecule has 3 amide bonds. The number of hydrogen-bond acceptors (Lipinski definition) is 6. The Morgan fingerprint density at radius 1 is 1.19 bits per heavy atom. The Kier molecular flexibility index (Phi) is 6.30. The summed E-state index contributed by atoms with van der Waals surface area (Å²) in [5.74, 6) is -1.48. The van der Waals surface area contributed by atoms with Gasteiger partial charge in [-0.3, -0.25) is 19.3 Å². The summed E-state index contributed by atoms with van der Waals surface area (Å²) in [5, 5.41) is 3.95. The smallest absolute Gasteiger partial charge is 0.263 e. The largest absolute Gasteiger partial charge is 0.370 e. The standard InChI is InChI=1S/C27H27FN4O4/c1-17(22-11-13-36-29-22)30(2)25(33)19-7-5-12-31(16-19)23-10-4-9-21-24(23)27(35)32(26(21)34)15-18-6-3-8-20(28)14-18/h3-4,6,8-11,13-14,17,19H,5,7,12,15-16H2,1-2H3. The third-order valence-electron chi connectivity index (χ3n) is 7.13. The number of piperidine rings is 1. The second-order valence-electron chi connectivity index (χ2n) is 9.36. The molecule has 9 heteroatoms. The van der Waals surface area contributed by atoms with Crippen molar-refractivity contribution in [1.29, 1.82) is 0 Å². The van der Waals surface area contributed by atoms with E-state index < -0.39 is 17.6 Å². The zero-order valence-corrected chi connectivity index (χ0v) is 20.2. The highest BCUT2D eigenvalue weighted by Crippen LogP contribution is 2.35. The van der Waals surface area contributed by atoms with Crippen LogP contribution in [-0.4, -0.2) is 52.8 Å². The number of aromatic nitrogens is 1. The number of nitrogens with zero attached hydrogens (tertiary/aromatic N) is 4. The van der Waals surface area contributed by atoms with E-state index in [0.717, 1.165) is 17.7 Å². The Morgan fingerprint density at radius 2 is 2.00 bits per heavy atom. The van der Waals surface area contributed by atoms with Crippen LogP contribution >= 0.6 is 0 Å². The maximum atomic E-state index is 13.7. The lowest BCUT2D eigenvalue weighted by atomic mass is 9.94. The molecule has 8 nitrogen and oxygen atoms in total. The molecule has 0 saturated carbocycles. The van der Waals surface area contributed by atoms with E-state index in [0.29, 0.717) is 41.2 Å². The second kappa shape index (κ2) is 9.56. The summed E-state index contributed by atoms with van der Waals surface area (Å²) in [6.07, 6.45) is 3.00. The second-order valence-corrected chi connectivity index (χ2v) is 9.36. The first-order valence-corrected chi connectivity index (χ1v) is 12.0. The van der Waals surface area contributed by atoms with Gasteiger partial charge in [-0.25, -0.2) is 4.39 Å². The van der Waals surface area contributed by atoms with Crippen LogP contribution in [-0.2, 0) is 11.3 Å². The van der Waals surface area contributed by atoms with Crippen molar-refractivity contribution in [3.63, 3.8) is 0 Å². The van der Waals surface area contributed by atoms with Gasteiger partial charge in [-0.05, 0) is 49.6 Å². The number of fused-ring (bicyclic) bond motifs is 1. The van der Waals surface area contributed by atoms with Gasteiger partial charge in [0.1, 0.15) is 17.8 Å². The lowest BCUT2D eigenvalue weighted by Crippen LogP contribution is -2.44. The third-order valence-corrected chi connectivity index (χ3v) is 7.13. The first kappa shape index (κ1) is 23.7. The number of hydrogen-bond donors (Lipinski definition) is 0. The number of benzene rings is 2. The van der Waals surface area contributed by atoms with Crippen LogP contribution in [0.2, 0.25) is 0 Å². The average molecular weight is 491 g/mol. The molecular weight excluding hydrogens is 463 g/mol. The van der Waals surface area contributed by atoms with E-state index in [9.17, 15) is 18.8 Å². The monoisotopic (exact) mass is 490 g/mol. The minimum absolute atomic E-state index is 0.00193. The molecule has 2 aliphatic heterocycles. The van der Waals surface area contributed by atoms with Crippen LogP contribution in [0.3, 0.4) is 0 Å². The van der Waals surface area contributed by atoms with Gasteiger partial charge >= 0.3 is 0 Å². The minimum Gasteiger partial charge on any atom is -0.370 e. The number of imide groups is 1. The van der Waals surface area contributed by atoms with Gasteiger partial charge in [0.2, 0.25) is 5.91 Å². The highest BCUT2D eigenvalue weighted by atomic mass is 19.1. The molecule has 0 bridgehead atoms. The Hall–Kier alpha value is -4.01. The number of rotatable bonds is 6. The number of anilines is 1. The quantitative estimate of drug-likeness (QED) is 0.485. The zero-order valence-electron chi connectivity index (χ0n) is 20.2. The Balaban J connectivity index is 1.36. The normalized spacial score (nSPS) is 18.4. The molecule has 2 aliphatic rings. The van der Waals surface area contributed by atoms with Crippen LogP contribution in [0.5, 0.6) is 0 Å². The van der Waals surface area contributed by atoms with Gasteiger partial charge in [0.05, 0.1) is 35.3 Å². The molecule has 186 valence electrons. The zero-order chi connectivity index (χ0) is 25.4. The number of carbonyl (C=O) groups excluding carboxylic acids is 3. The van der Waals surface area contributed by atoms with Crippen LogP contribution in [0.1, 0.15) is 57.8 Å². The first-order chi connectivity index (χ1) is 17.3. The Labute approximate surface area is 208 Å². The van der Waals surface area contributed by atoms with Crippen molar-refractivity contribution in [2.45, 2.75) is 32.4 Å². The average Bonchev–Trinajstić information content (AvgIpc) is 3.51. The fraction of sp³-hybridized carbons (Fsp3) is 0.333. The van der Waals surface area contributed by atoms with Gasteiger partial charge < -0.3 is 14.3 Å². The molecule has 3 heterocycles. The molecule has 1 fully saturated rings. The Bertz CT molecular complexity index is 1310. The van der Waals surface area contributed by atoms with Crippen molar-refractivity contribution in [1.82, 2.24) is 15.0 Å². The molecule has 3 aromatic rings. The van der Waals surface area contributed by atoms with Gasteiger partial charge in [0.25, 0.3) is 11.8 Å². The highest BCUT2D eigenvalue weighted by Gasteiger charge is 2.40. The fourth-order valence-electron chi connectivity index (χ4n) is 5.05. The maximum absolute atomic E-state index is 13.7. The van der Waals surface area contributed by atoms with E-state index >= 15 is 0 Å². The van der Waals surface area contributed by atoms with Crippen molar-refractivity contribution >= 4 is 23.4 Å². The summed E-state index contributed by atoms with van der Waals surface area (Å²) in [6, 6.07) is 12.6. The maximum Gasteiger partial charge on any atom is 0.263 e. The molecular formula is C27H27FN4O4. The van der Waals surface area contributed by atoms with Crippen LogP contribution in [0, 0.1) is 11.7 Å². The first-order valence-electron chi connectivity index (χ1n) is 12.0. The molecule has 5 rings (SSSR count). The molecule has 1 saturated heterocycles. The molecule has 36 heavy (non-hydrogen) atoms. The van der Waals surface area contributed by atoms with Gasteiger partial charge in [-0.2, -0.15) is 0 Å². The molecule has 2 aromatic carbocycles. The van der Waals surface area contributed by atoms with Gasteiger partial charge in [0.15, 0.2) is 0 Å². The van der Waals surface area contributed by atoms with Crippen molar-refractivity contribution in [3.8, 4) is 0 Å². The van der Waals surface area contributed by atoms with E-state index in [-0.39, 0.29) is 24.4 Å². The fourth-order valence-corrected chi connectivity index (χ4v) is 5.05. The molecule has 1 aromatic heterocycles. The van der Waals surface area contributed by atoms with E-state index in [1.165, 1.54) is 18.4 Å². The van der Waals surface area contributed by atoms with Crippen molar-refractivity contribution in [2.75, 3.05) is 25.0 Å². The molecule has 0 radical (unpaired) electrons. The number of amides is 3. The summed E-state index contributed by atoms with van der Waals surface area (Å²) in [7, 11) is 1.76. The van der Waals surface area contributed by atoms with E-state index in [1.807, 2.05) is 17.9 Å². The molecule has 0 N–H and O–H groups in total. The van der Waals surface area contributed by atoms with Gasteiger partial charge in [-0.15, -0.1) is 0 Å². The van der Waals surface area contributed by atoms with Crippen LogP contribution < -0.4 is 4.90 Å². The summed E-state index contributed by atoms with van der Waals surface area (Å²) in [5.41, 5.74) is 2.55. The predicted octanol–water partition coefficient (Wildman–Crippen LogP) is 4.05. The highest BCUT2D eigenvalue weighted by molar-refractivity contribution is 6.23. The minimum atomic E-state index is -0.420. The lowest BCUT2D eigenvalue weighted by molar-refractivity contribution is -0.136. The number of halogens is 1. The topological polar surface area (TPSA) is 87.0 Å². The van der Waals surface area contributed by atoms with Crippen LogP contribution in [0.15, 0.2) is 59.3 Å². The molecule has 0 aliphatic carbocycles. The van der Waals surface area contributed by atoms with Gasteiger partial charge in [-0.1, -0.05) is 23.4 Å².